The van der Waals surface area contributed by atoms with Crippen molar-refractivity contribution in [2.45, 2.75) is 31.7 Å². The lowest BCUT2D eigenvalue weighted by Crippen LogP contribution is -2.45. The first-order valence-corrected chi connectivity index (χ1v) is 7.73. The zero-order chi connectivity index (χ0) is 15.1. The van der Waals surface area contributed by atoms with E-state index in [4.69, 9.17) is 0 Å². The van der Waals surface area contributed by atoms with E-state index in [9.17, 15) is 8.78 Å². The third-order valence-corrected chi connectivity index (χ3v) is 4.07. The van der Waals surface area contributed by atoms with E-state index in [1.54, 1.807) is 12.1 Å². The van der Waals surface area contributed by atoms with Crippen molar-refractivity contribution in [1.29, 1.82) is 0 Å². The third kappa shape index (κ3) is 4.35. The molecule has 4 heteroatoms. The maximum absolute atomic E-state index is 14.1. The Balaban J connectivity index is 2.13. The zero-order valence-electron chi connectivity index (χ0n) is 12.5. The second kappa shape index (κ2) is 8.25. The van der Waals surface area contributed by atoms with Gasteiger partial charge >= 0.3 is 0 Å². The molecule has 116 valence electrons. The lowest BCUT2D eigenvalue weighted by molar-refractivity contribution is 0.159. The van der Waals surface area contributed by atoms with Gasteiger partial charge < -0.3 is 5.32 Å². The number of hydrogen-bond acceptors (Lipinski definition) is 2. The van der Waals surface area contributed by atoms with E-state index in [1.807, 2.05) is 6.08 Å². The molecule has 21 heavy (non-hydrogen) atoms. The van der Waals surface area contributed by atoms with E-state index in [1.165, 1.54) is 6.07 Å². The van der Waals surface area contributed by atoms with Gasteiger partial charge in [-0.3, -0.25) is 4.90 Å². The predicted octanol–water partition coefficient (Wildman–Crippen LogP) is 3.66. The number of nitrogens with zero attached hydrogens (tertiary/aromatic N) is 1. The number of halogens is 2. The molecule has 1 N–H and O–H groups in total. The van der Waals surface area contributed by atoms with Gasteiger partial charge in [0.25, 0.3) is 0 Å². The Morgan fingerprint density at radius 2 is 2.00 bits per heavy atom. The fourth-order valence-electron chi connectivity index (χ4n) is 2.93. The second-order valence-electron chi connectivity index (χ2n) is 5.52. The number of hydrogen-bond donors (Lipinski definition) is 1. The summed E-state index contributed by atoms with van der Waals surface area (Å²) in [6.07, 6.45) is 5.77. The number of piperazine rings is 1. The molecule has 2 nitrogen and oxygen atoms in total. The first kappa shape index (κ1) is 16.1. The van der Waals surface area contributed by atoms with E-state index in [2.05, 4.69) is 16.8 Å². The van der Waals surface area contributed by atoms with Crippen molar-refractivity contribution in [3.63, 3.8) is 0 Å². The van der Waals surface area contributed by atoms with Crippen LogP contribution in [0.25, 0.3) is 0 Å². The van der Waals surface area contributed by atoms with Crippen molar-refractivity contribution < 1.29 is 8.78 Å². The average Bonchev–Trinajstić information content (AvgIpc) is 2.52. The molecular formula is C17H24F2N2. The normalized spacial score (nSPS) is 17.6. The van der Waals surface area contributed by atoms with Gasteiger partial charge in [0.15, 0.2) is 11.6 Å². The molecule has 0 amide bonds. The Bertz CT molecular complexity index is 456. The van der Waals surface area contributed by atoms with Crippen LogP contribution in [-0.4, -0.2) is 31.1 Å². The summed E-state index contributed by atoms with van der Waals surface area (Å²) >= 11 is 0. The van der Waals surface area contributed by atoms with Crippen LogP contribution in [0.15, 0.2) is 30.9 Å². The molecule has 0 saturated carbocycles. The molecule has 1 aromatic rings. The van der Waals surface area contributed by atoms with Gasteiger partial charge in [-0.25, -0.2) is 8.78 Å². The topological polar surface area (TPSA) is 15.3 Å². The van der Waals surface area contributed by atoms with Crippen LogP contribution in [0.3, 0.4) is 0 Å². The summed E-state index contributed by atoms with van der Waals surface area (Å²) in [5.74, 6) is -1.44. The first-order valence-electron chi connectivity index (χ1n) is 7.73. The third-order valence-electron chi connectivity index (χ3n) is 4.07. The number of rotatable bonds is 7. The van der Waals surface area contributed by atoms with Crippen LogP contribution in [0.5, 0.6) is 0 Å². The van der Waals surface area contributed by atoms with Crippen molar-refractivity contribution in [1.82, 2.24) is 10.2 Å². The van der Waals surface area contributed by atoms with Gasteiger partial charge in [-0.2, -0.15) is 0 Å². The number of allylic oxidation sites excluding steroid dienone is 1. The highest BCUT2D eigenvalue weighted by Crippen LogP contribution is 2.30. The Hall–Kier alpha value is -1.26. The minimum Gasteiger partial charge on any atom is -0.314 e. The smallest absolute Gasteiger partial charge is 0.163 e. The molecule has 1 atom stereocenters. The molecule has 1 fully saturated rings. The van der Waals surface area contributed by atoms with Gasteiger partial charge in [-0.1, -0.05) is 24.6 Å². The van der Waals surface area contributed by atoms with E-state index in [0.29, 0.717) is 5.56 Å². The molecule has 2 rings (SSSR count). The Morgan fingerprint density at radius 3 is 2.71 bits per heavy atom. The highest BCUT2D eigenvalue weighted by molar-refractivity contribution is 5.23. The van der Waals surface area contributed by atoms with Crippen molar-refractivity contribution >= 4 is 0 Å². The summed E-state index contributed by atoms with van der Waals surface area (Å²) in [5, 5.41) is 3.30. The largest absolute Gasteiger partial charge is 0.314 e. The maximum atomic E-state index is 14.1. The molecule has 0 radical (unpaired) electrons. The molecule has 0 bridgehead atoms. The fourth-order valence-corrected chi connectivity index (χ4v) is 2.93. The minimum absolute atomic E-state index is 0.0346. The standard InChI is InChI=1S/C17H24F2N2/c1-2-3-4-5-9-16(21-12-10-20-11-13-21)14-7-6-8-15(18)17(14)19/h2,6-8,16,20H,1,3-5,9-13H2/t16-/m0/s1. The first-order chi connectivity index (χ1) is 10.2. The summed E-state index contributed by atoms with van der Waals surface area (Å²) in [6, 6.07) is 4.48. The molecule has 1 aliphatic rings. The lowest BCUT2D eigenvalue weighted by Gasteiger charge is -2.35. The van der Waals surface area contributed by atoms with E-state index in [0.717, 1.165) is 51.9 Å². The molecule has 0 spiro atoms. The second-order valence-corrected chi connectivity index (χ2v) is 5.52. The maximum Gasteiger partial charge on any atom is 0.163 e. The fraction of sp³-hybridized carbons (Fsp3) is 0.529. The Labute approximate surface area is 125 Å². The van der Waals surface area contributed by atoms with Crippen molar-refractivity contribution in [2.24, 2.45) is 0 Å². The molecule has 1 aliphatic heterocycles. The van der Waals surface area contributed by atoms with Crippen LogP contribution in [0.4, 0.5) is 8.78 Å². The molecule has 0 aliphatic carbocycles. The highest BCUT2D eigenvalue weighted by Gasteiger charge is 2.25. The quantitative estimate of drug-likeness (QED) is 0.610. The molecule has 1 aromatic carbocycles. The van der Waals surface area contributed by atoms with Crippen molar-refractivity contribution in [2.75, 3.05) is 26.2 Å². The predicted molar refractivity (Wildman–Crippen MR) is 82.2 cm³/mol. The van der Waals surface area contributed by atoms with Gasteiger partial charge in [-0.15, -0.1) is 6.58 Å². The van der Waals surface area contributed by atoms with Gasteiger partial charge in [0.05, 0.1) is 0 Å². The van der Waals surface area contributed by atoms with Crippen molar-refractivity contribution in [3.05, 3.63) is 48.1 Å². The monoisotopic (exact) mass is 294 g/mol. The van der Waals surface area contributed by atoms with E-state index in [-0.39, 0.29) is 6.04 Å². The molecule has 0 aromatic heterocycles. The summed E-state index contributed by atoms with van der Waals surface area (Å²) < 4.78 is 27.7. The van der Waals surface area contributed by atoms with Crippen LogP contribution < -0.4 is 5.32 Å². The van der Waals surface area contributed by atoms with Crippen LogP contribution in [0.2, 0.25) is 0 Å². The van der Waals surface area contributed by atoms with Crippen LogP contribution in [0.1, 0.15) is 37.3 Å². The molecule has 1 saturated heterocycles. The van der Waals surface area contributed by atoms with Gasteiger partial charge in [0.1, 0.15) is 0 Å². The molecule has 0 unspecified atom stereocenters. The Kier molecular flexibility index (Phi) is 6.33. The summed E-state index contributed by atoms with van der Waals surface area (Å²) in [6.45, 7) is 7.28. The van der Waals surface area contributed by atoms with Crippen molar-refractivity contribution in [3.8, 4) is 0 Å². The van der Waals surface area contributed by atoms with Gasteiger partial charge in [-0.05, 0) is 25.3 Å². The average molecular weight is 294 g/mol. The number of nitrogens with one attached hydrogen (secondary N) is 1. The van der Waals surface area contributed by atoms with Gasteiger partial charge in [0, 0.05) is 37.8 Å². The zero-order valence-corrected chi connectivity index (χ0v) is 12.5. The van der Waals surface area contributed by atoms with E-state index < -0.39 is 11.6 Å². The summed E-state index contributed by atoms with van der Waals surface area (Å²) in [7, 11) is 0. The van der Waals surface area contributed by atoms with E-state index >= 15 is 0 Å². The summed E-state index contributed by atoms with van der Waals surface area (Å²) in [5.41, 5.74) is 0.496. The van der Waals surface area contributed by atoms with Crippen LogP contribution in [0, 0.1) is 11.6 Å². The van der Waals surface area contributed by atoms with Crippen LogP contribution in [-0.2, 0) is 0 Å². The lowest BCUT2D eigenvalue weighted by atomic mass is 9.97. The van der Waals surface area contributed by atoms with Crippen LogP contribution >= 0.6 is 0 Å². The number of unbranched alkanes of at least 4 members (excludes halogenated alkanes) is 2. The number of benzene rings is 1. The molecular weight excluding hydrogens is 270 g/mol. The van der Waals surface area contributed by atoms with Gasteiger partial charge in [0.2, 0.25) is 0 Å². The molecule has 1 heterocycles. The Morgan fingerprint density at radius 1 is 1.24 bits per heavy atom. The highest BCUT2D eigenvalue weighted by atomic mass is 19.2. The SMILES string of the molecule is C=CCCCC[C@@H](c1cccc(F)c1F)N1CCNCC1. The minimum atomic E-state index is -0.751. The summed E-state index contributed by atoms with van der Waals surface area (Å²) in [4.78, 5) is 2.27.